The van der Waals surface area contributed by atoms with Crippen LogP contribution in [0.2, 0.25) is 0 Å². The SMILES string of the molecule is CC.CCC.CN1CCC2(CC1)CC2. The summed E-state index contributed by atoms with van der Waals surface area (Å²) in [6.07, 6.45) is 7.26. The maximum Gasteiger partial charge on any atom is -0.00165 e. The minimum Gasteiger partial charge on any atom is -0.306 e. The molecule has 1 nitrogen and oxygen atoms in total. The van der Waals surface area contributed by atoms with Crippen LogP contribution in [0.15, 0.2) is 0 Å². The van der Waals surface area contributed by atoms with Crippen LogP contribution in [0.3, 0.4) is 0 Å². The highest BCUT2D eigenvalue weighted by atomic mass is 15.1. The molecule has 0 aromatic heterocycles. The summed E-state index contributed by atoms with van der Waals surface area (Å²) >= 11 is 0. The minimum absolute atomic E-state index is 0.868. The van der Waals surface area contributed by atoms with Crippen LogP contribution in [0.1, 0.15) is 59.8 Å². The van der Waals surface area contributed by atoms with Gasteiger partial charge in [-0.15, -0.1) is 0 Å². The molecule has 0 bridgehead atoms. The van der Waals surface area contributed by atoms with Gasteiger partial charge in [-0.1, -0.05) is 34.1 Å². The fourth-order valence-electron chi connectivity index (χ4n) is 1.77. The van der Waals surface area contributed by atoms with Gasteiger partial charge in [0.25, 0.3) is 0 Å². The molecule has 0 aromatic carbocycles. The Balaban J connectivity index is 0.000000294. The lowest BCUT2D eigenvalue weighted by Gasteiger charge is -2.28. The standard InChI is InChI=1S/C8H15N.C3H8.C2H6/c1-9-6-4-8(2-3-8)5-7-9;1-3-2;1-2/h2-7H2,1H3;3H2,1-2H3;1-2H3. The number of likely N-dealkylation sites (tertiary alicyclic amines) is 1. The van der Waals surface area contributed by atoms with Gasteiger partial charge in [0.15, 0.2) is 0 Å². The molecule has 14 heavy (non-hydrogen) atoms. The molecule has 1 saturated carbocycles. The van der Waals surface area contributed by atoms with Crippen molar-refractivity contribution in [3.05, 3.63) is 0 Å². The third-order valence-electron chi connectivity index (χ3n) is 3.00. The lowest BCUT2D eigenvalue weighted by atomic mass is 9.94. The van der Waals surface area contributed by atoms with E-state index in [0.29, 0.717) is 0 Å². The molecule has 0 unspecified atom stereocenters. The minimum atomic E-state index is 0.868. The summed E-state index contributed by atoms with van der Waals surface area (Å²) < 4.78 is 0. The molecule has 1 aliphatic carbocycles. The van der Waals surface area contributed by atoms with Crippen LogP contribution in [-0.4, -0.2) is 25.0 Å². The van der Waals surface area contributed by atoms with Gasteiger partial charge in [0.1, 0.15) is 0 Å². The topological polar surface area (TPSA) is 3.24 Å². The summed E-state index contributed by atoms with van der Waals surface area (Å²) in [5, 5.41) is 0. The van der Waals surface area contributed by atoms with Crippen LogP contribution in [0.25, 0.3) is 0 Å². The molecule has 1 spiro atoms. The van der Waals surface area contributed by atoms with E-state index in [2.05, 4.69) is 25.8 Å². The normalized spacial score (nSPS) is 22.9. The van der Waals surface area contributed by atoms with Crippen molar-refractivity contribution in [2.45, 2.75) is 59.8 Å². The first kappa shape index (κ1) is 14.0. The summed E-state index contributed by atoms with van der Waals surface area (Å²) in [4.78, 5) is 2.45. The molecule has 0 N–H and O–H groups in total. The average Bonchev–Trinajstić information content (AvgIpc) is 2.96. The molecule has 86 valence electrons. The van der Waals surface area contributed by atoms with E-state index in [-0.39, 0.29) is 0 Å². The predicted octanol–water partition coefficient (Wildman–Crippen LogP) is 3.93. The van der Waals surface area contributed by atoms with Crippen LogP contribution < -0.4 is 0 Å². The summed E-state index contributed by atoms with van der Waals surface area (Å²) in [5.41, 5.74) is 0.868. The van der Waals surface area contributed by atoms with Crippen molar-refractivity contribution in [2.75, 3.05) is 20.1 Å². The summed E-state index contributed by atoms with van der Waals surface area (Å²) in [7, 11) is 2.23. The third-order valence-corrected chi connectivity index (χ3v) is 3.00. The van der Waals surface area contributed by atoms with E-state index >= 15 is 0 Å². The maximum absolute atomic E-state index is 2.45. The molecule has 2 rings (SSSR count). The van der Waals surface area contributed by atoms with Gasteiger partial charge in [0.05, 0.1) is 0 Å². The fraction of sp³-hybridized carbons (Fsp3) is 1.00. The second-order valence-electron chi connectivity index (χ2n) is 4.51. The molecular weight excluding hydrogens is 170 g/mol. The molecule has 1 heteroatoms. The van der Waals surface area contributed by atoms with Crippen molar-refractivity contribution in [3.63, 3.8) is 0 Å². The van der Waals surface area contributed by atoms with Crippen molar-refractivity contribution >= 4 is 0 Å². The fourth-order valence-corrected chi connectivity index (χ4v) is 1.77. The van der Waals surface area contributed by atoms with Crippen molar-refractivity contribution in [2.24, 2.45) is 5.41 Å². The lowest BCUT2D eigenvalue weighted by Crippen LogP contribution is -2.30. The van der Waals surface area contributed by atoms with Gasteiger partial charge in [-0.25, -0.2) is 0 Å². The third kappa shape index (κ3) is 4.99. The van der Waals surface area contributed by atoms with Crippen molar-refractivity contribution < 1.29 is 0 Å². The molecule has 0 radical (unpaired) electrons. The number of rotatable bonds is 0. The van der Waals surface area contributed by atoms with E-state index < -0.39 is 0 Å². The Labute approximate surface area is 90.9 Å². The molecule has 2 aliphatic rings. The highest BCUT2D eigenvalue weighted by Crippen LogP contribution is 2.53. The Morgan fingerprint density at radius 3 is 1.57 bits per heavy atom. The summed E-state index contributed by atoms with van der Waals surface area (Å²) in [6, 6.07) is 0. The monoisotopic (exact) mass is 199 g/mol. The number of hydrogen-bond donors (Lipinski definition) is 0. The van der Waals surface area contributed by atoms with Crippen molar-refractivity contribution in [3.8, 4) is 0 Å². The Hall–Kier alpha value is -0.0400. The van der Waals surface area contributed by atoms with E-state index in [9.17, 15) is 0 Å². The Kier molecular flexibility index (Phi) is 7.26. The first-order chi connectivity index (χ1) is 6.72. The largest absolute Gasteiger partial charge is 0.306 e. The molecule has 0 aromatic rings. The van der Waals surface area contributed by atoms with E-state index in [0.717, 1.165) is 5.41 Å². The first-order valence-electron chi connectivity index (χ1n) is 6.41. The van der Waals surface area contributed by atoms with Gasteiger partial charge in [0.2, 0.25) is 0 Å². The predicted molar refractivity (Wildman–Crippen MR) is 65.7 cm³/mol. The number of nitrogens with zero attached hydrogens (tertiary/aromatic N) is 1. The lowest BCUT2D eigenvalue weighted by molar-refractivity contribution is 0.206. The summed E-state index contributed by atoms with van der Waals surface area (Å²) in [6.45, 7) is 10.9. The first-order valence-corrected chi connectivity index (χ1v) is 6.41. The van der Waals surface area contributed by atoms with Gasteiger partial charge in [0, 0.05) is 0 Å². The van der Waals surface area contributed by atoms with Crippen molar-refractivity contribution in [1.29, 1.82) is 0 Å². The van der Waals surface area contributed by atoms with E-state index in [1.165, 1.54) is 45.2 Å². The van der Waals surface area contributed by atoms with Crippen LogP contribution in [0.4, 0.5) is 0 Å². The zero-order chi connectivity index (χ0) is 11.0. The van der Waals surface area contributed by atoms with Crippen LogP contribution in [-0.2, 0) is 0 Å². The van der Waals surface area contributed by atoms with Crippen LogP contribution in [0, 0.1) is 5.41 Å². The van der Waals surface area contributed by atoms with Gasteiger partial charge in [-0.2, -0.15) is 0 Å². The average molecular weight is 199 g/mol. The molecule has 2 fully saturated rings. The van der Waals surface area contributed by atoms with Gasteiger partial charge in [-0.05, 0) is 51.2 Å². The molecule has 1 saturated heterocycles. The molecule has 1 aliphatic heterocycles. The molecule has 1 heterocycles. The van der Waals surface area contributed by atoms with E-state index in [1.807, 2.05) is 13.8 Å². The van der Waals surface area contributed by atoms with Gasteiger partial charge >= 0.3 is 0 Å². The Bertz CT molecular complexity index is 117. The highest BCUT2D eigenvalue weighted by Gasteiger charge is 2.43. The van der Waals surface area contributed by atoms with Crippen LogP contribution in [0.5, 0.6) is 0 Å². The molecular formula is C13H29N. The Morgan fingerprint density at radius 2 is 1.29 bits per heavy atom. The highest BCUT2D eigenvalue weighted by molar-refractivity contribution is 4.96. The second-order valence-corrected chi connectivity index (χ2v) is 4.51. The number of piperidine rings is 1. The van der Waals surface area contributed by atoms with Crippen LogP contribution >= 0.6 is 0 Å². The zero-order valence-corrected chi connectivity index (χ0v) is 10.9. The summed E-state index contributed by atoms with van der Waals surface area (Å²) in [5.74, 6) is 0. The number of hydrogen-bond acceptors (Lipinski definition) is 1. The zero-order valence-electron chi connectivity index (χ0n) is 10.9. The smallest absolute Gasteiger partial charge is 0.00165 e. The maximum atomic E-state index is 2.45. The molecule has 0 amide bonds. The molecule has 0 atom stereocenters. The Morgan fingerprint density at radius 1 is 0.929 bits per heavy atom. The van der Waals surface area contributed by atoms with E-state index in [4.69, 9.17) is 0 Å². The van der Waals surface area contributed by atoms with E-state index in [1.54, 1.807) is 0 Å². The quantitative estimate of drug-likeness (QED) is 0.571. The van der Waals surface area contributed by atoms with Gasteiger partial charge in [-0.3, -0.25) is 0 Å². The van der Waals surface area contributed by atoms with Gasteiger partial charge < -0.3 is 4.90 Å². The van der Waals surface area contributed by atoms with Crippen molar-refractivity contribution in [1.82, 2.24) is 4.90 Å². The second kappa shape index (κ2) is 7.28.